The van der Waals surface area contributed by atoms with Gasteiger partial charge in [0.15, 0.2) is 5.72 Å². The number of benzene rings is 3. The number of carbonyl (C=O) groups is 1. The number of fused-ring (bicyclic) bond motifs is 1. The van der Waals surface area contributed by atoms with Crippen molar-refractivity contribution in [2.24, 2.45) is 5.92 Å². The molecule has 1 amide bonds. The highest BCUT2D eigenvalue weighted by atomic mass is 35.5. The highest BCUT2D eigenvalue weighted by molar-refractivity contribution is 6.30. The second kappa shape index (κ2) is 9.33. The normalized spacial score (nSPS) is 20.8. The third-order valence-electron chi connectivity index (χ3n) is 6.69. The van der Waals surface area contributed by atoms with Crippen molar-refractivity contribution in [2.45, 2.75) is 25.6 Å². The molecule has 1 aromatic heterocycles. The van der Waals surface area contributed by atoms with E-state index in [-0.39, 0.29) is 5.91 Å². The summed E-state index contributed by atoms with van der Waals surface area (Å²) in [5.41, 5.74) is 2.18. The molecule has 0 fully saturated rings. The fraction of sp³-hybridized carbons (Fsp3) is 0.214. The Morgan fingerprint density at radius 3 is 2.44 bits per heavy atom. The monoisotopic (exact) mass is 502 g/mol. The van der Waals surface area contributed by atoms with Crippen LogP contribution in [0.3, 0.4) is 0 Å². The first kappa shape index (κ1) is 23.9. The smallest absolute Gasteiger partial charge is 0.234 e. The van der Waals surface area contributed by atoms with Gasteiger partial charge in [-0.25, -0.2) is 4.68 Å². The number of hydrogen-bond donors (Lipinski definition) is 3. The van der Waals surface area contributed by atoms with Crippen molar-refractivity contribution in [3.63, 3.8) is 0 Å². The summed E-state index contributed by atoms with van der Waals surface area (Å²) in [6.45, 7) is 3.57. The Bertz CT molecular complexity index is 1400. The maximum Gasteiger partial charge on any atom is 0.234 e. The third kappa shape index (κ3) is 4.10. The Hall–Kier alpha value is -3.81. The molecule has 184 valence electrons. The molecule has 0 radical (unpaired) electrons. The van der Waals surface area contributed by atoms with E-state index in [0.717, 1.165) is 16.7 Å². The standard InChI is InChI=1S/C28H27ClN4O3/c1-17-24(19-13-15-20(29)16-14-19)32-33-26(17)31-25(18-9-5-4-6-10-18)23(28(33,2)35)27(34)30-21-11-7-8-12-22(21)36-3/h4-16,23,25,31,35H,1-3H3,(H,30,34). The van der Waals surface area contributed by atoms with Crippen LogP contribution in [0.1, 0.15) is 24.1 Å². The van der Waals surface area contributed by atoms with E-state index in [4.69, 9.17) is 21.4 Å². The molecule has 36 heavy (non-hydrogen) atoms. The van der Waals surface area contributed by atoms with Crippen molar-refractivity contribution in [3.8, 4) is 17.0 Å². The molecule has 3 aromatic carbocycles. The van der Waals surface area contributed by atoms with Crippen LogP contribution < -0.4 is 15.4 Å². The van der Waals surface area contributed by atoms with Crippen LogP contribution in [-0.2, 0) is 10.5 Å². The summed E-state index contributed by atoms with van der Waals surface area (Å²) >= 11 is 6.08. The van der Waals surface area contributed by atoms with Gasteiger partial charge in [-0.2, -0.15) is 5.10 Å². The summed E-state index contributed by atoms with van der Waals surface area (Å²) in [5, 5.41) is 23.8. The Labute approximate surface area is 214 Å². The summed E-state index contributed by atoms with van der Waals surface area (Å²) in [5.74, 6) is -0.0984. The summed E-state index contributed by atoms with van der Waals surface area (Å²) in [7, 11) is 1.55. The first-order valence-corrected chi connectivity index (χ1v) is 12.0. The Morgan fingerprint density at radius 1 is 1.08 bits per heavy atom. The van der Waals surface area contributed by atoms with Crippen LogP contribution in [0.5, 0.6) is 5.75 Å². The van der Waals surface area contributed by atoms with Crippen molar-refractivity contribution in [1.29, 1.82) is 0 Å². The lowest BCUT2D eigenvalue weighted by molar-refractivity contribution is -0.143. The van der Waals surface area contributed by atoms with E-state index in [1.165, 1.54) is 4.68 Å². The lowest BCUT2D eigenvalue weighted by Crippen LogP contribution is -2.53. The Morgan fingerprint density at radius 2 is 1.75 bits per heavy atom. The van der Waals surface area contributed by atoms with Crippen molar-refractivity contribution >= 4 is 29.0 Å². The number of amides is 1. The van der Waals surface area contributed by atoms with Gasteiger partial charge < -0.3 is 20.5 Å². The third-order valence-corrected chi connectivity index (χ3v) is 6.94. The Balaban J connectivity index is 1.62. The maximum absolute atomic E-state index is 13.8. The van der Waals surface area contributed by atoms with Crippen molar-refractivity contribution < 1.29 is 14.6 Å². The molecule has 1 aliphatic heterocycles. The number of methoxy groups -OCH3 is 1. The number of rotatable bonds is 5. The topological polar surface area (TPSA) is 88.4 Å². The number of para-hydroxylation sites is 2. The van der Waals surface area contributed by atoms with Crippen LogP contribution in [0.15, 0.2) is 78.9 Å². The number of ether oxygens (including phenoxy) is 1. The number of carbonyl (C=O) groups excluding carboxylic acids is 1. The molecule has 0 saturated carbocycles. The fourth-order valence-corrected chi connectivity index (χ4v) is 4.97. The van der Waals surface area contributed by atoms with Gasteiger partial charge in [0.25, 0.3) is 0 Å². The molecule has 1 aliphatic rings. The predicted octanol–water partition coefficient (Wildman–Crippen LogP) is 5.61. The van der Waals surface area contributed by atoms with Gasteiger partial charge in [0.05, 0.1) is 24.5 Å². The van der Waals surface area contributed by atoms with Gasteiger partial charge in [-0.3, -0.25) is 4.79 Å². The molecular weight excluding hydrogens is 476 g/mol. The maximum atomic E-state index is 13.8. The van der Waals surface area contributed by atoms with Gasteiger partial charge in [0.2, 0.25) is 5.91 Å². The van der Waals surface area contributed by atoms with Crippen LogP contribution in [0.25, 0.3) is 11.3 Å². The highest BCUT2D eigenvalue weighted by Gasteiger charge is 2.51. The van der Waals surface area contributed by atoms with Gasteiger partial charge in [0.1, 0.15) is 17.5 Å². The molecule has 5 rings (SSSR count). The largest absolute Gasteiger partial charge is 0.495 e. The molecular formula is C28H27ClN4O3. The van der Waals surface area contributed by atoms with E-state index in [1.54, 1.807) is 38.3 Å². The van der Waals surface area contributed by atoms with Crippen LogP contribution in [-0.4, -0.2) is 27.9 Å². The van der Waals surface area contributed by atoms with Gasteiger partial charge in [-0.05, 0) is 43.7 Å². The van der Waals surface area contributed by atoms with Crippen LogP contribution in [0, 0.1) is 12.8 Å². The Kier molecular flexibility index (Phi) is 6.20. The predicted molar refractivity (Wildman–Crippen MR) is 141 cm³/mol. The molecule has 3 N–H and O–H groups in total. The lowest BCUT2D eigenvalue weighted by Gasteiger charge is -2.43. The quantitative estimate of drug-likeness (QED) is 0.330. The number of nitrogens with one attached hydrogen (secondary N) is 2. The number of aliphatic hydroxyl groups is 1. The summed E-state index contributed by atoms with van der Waals surface area (Å²) in [4.78, 5) is 13.8. The molecule has 3 unspecified atom stereocenters. The van der Waals surface area contributed by atoms with E-state index >= 15 is 0 Å². The van der Waals surface area contributed by atoms with Gasteiger partial charge in [0, 0.05) is 16.1 Å². The van der Waals surface area contributed by atoms with Crippen LogP contribution >= 0.6 is 11.6 Å². The van der Waals surface area contributed by atoms with Crippen molar-refractivity contribution in [2.75, 3.05) is 17.7 Å². The van der Waals surface area contributed by atoms with E-state index in [2.05, 4.69) is 10.6 Å². The van der Waals surface area contributed by atoms with Crippen molar-refractivity contribution in [3.05, 3.63) is 95.0 Å². The molecule has 0 saturated heterocycles. The number of aromatic nitrogens is 2. The minimum absolute atomic E-state index is 0.363. The summed E-state index contributed by atoms with van der Waals surface area (Å²) in [6.07, 6.45) is 0. The van der Waals surface area contributed by atoms with Gasteiger partial charge in [-0.15, -0.1) is 0 Å². The number of halogens is 1. The molecule has 8 heteroatoms. The molecule has 0 aliphatic carbocycles. The molecule has 0 bridgehead atoms. The summed E-state index contributed by atoms with van der Waals surface area (Å²) < 4.78 is 6.92. The van der Waals surface area contributed by atoms with E-state index in [9.17, 15) is 9.90 Å². The van der Waals surface area contributed by atoms with Crippen LogP contribution in [0.4, 0.5) is 11.5 Å². The van der Waals surface area contributed by atoms with E-state index in [1.807, 2.05) is 61.5 Å². The second-order valence-corrected chi connectivity index (χ2v) is 9.47. The zero-order valence-corrected chi connectivity index (χ0v) is 21.0. The minimum atomic E-state index is -1.65. The van der Waals surface area contributed by atoms with Gasteiger partial charge >= 0.3 is 0 Å². The average molecular weight is 503 g/mol. The second-order valence-electron chi connectivity index (χ2n) is 9.03. The first-order valence-electron chi connectivity index (χ1n) is 11.6. The molecule has 2 heterocycles. The zero-order chi connectivity index (χ0) is 25.4. The fourth-order valence-electron chi connectivity index (χ4n) is 4.85. The first-order chi connectivity index (χ1) is 17.3. The van der Waals surface area contributed by atoms with Crippen molar-refractivity contribution in [1.82, 2.24) is 9.78 Å². The molecule has 4 aromatic rings. The molecule has 7 nitrogen and oxygen atoms in total. The number of hydrogen-bond acceptors (Lipinski definition) is 5. The SMILES string of the molecule is COc1ccccc1NC(=O)C1C(c2ccccc2)Nc2c(C)c(-c3ccc(Cl)cc3)nn2C1(C)O. The van der Waals surface area contributed by atoms with E-state index < -0.39 is 17.7 Å². The number of nitrogens with zero attached hydrogens (tertiary/aromatic N) is 2. The summed E-state index contributed by atoms with van der Waals surface area (Å²) in [6, 6.07) is 23.7. The van der Waals surface area contributed by atoms with Gasteiger partial charge in [-0.1, -0.05) is 66.2 Å². The lowest BCUT2D eigenvalue weighted by atomic mass is 9.82. The average Bonchev–Trinajstić information content (AvgIpc) is 3.22. The number of anilines is 2. The molecule has 3 atom stereocenters. The molecule has 0 spiro atoms. The highest BCUT2D eigenvalue weighted by Crippen LogP contribution is 2.46. The van der Waals surface area contributed by atoms with E-state index in [0.29, 0.717) is 28.0 Å². The minimum Gasteiger partial charge on any atom is -0.495 e. The zero-order valence-electron chi connectivity index (χ0n) is 20.2. The van der Waals surface area contributed by atoms with Crippen LogP contribution in [0.2, 0.25) is 5.02 Å².